The lowest BCUT2D eigenvalue weighted by Crippen LogP contribution is -2.56. The second-order valence-corrected chi connectivity index (χ2v) is 7.80. The molecule has 2 saturated heterocycles. The van der Waals surface area contributed by atoms with E-state index in [0.29, 0.717) is 30.6 Å². The summed E-state index contributed by atoms with van der Waals surface area (Å²) in [6.45, 7) is 2.29. The van der Waals surface area contributed by atoms with Gasteiger partial charge in [0.25, 0.3) is 5.91 Å². The Morgan fingerprint density at radius 1 is 1.06 bits per heavy atom. The number of ether oxygens (including phenoxy) is 2. The summed E-state index contributed by atoms with van der Waals surface area (Å²) in [6.07, 6.45) is 1.67. The summed E-state index contributed by atoms with van der Waals surface area (Å²) in [5.74, 6) is 1.34. The molecule has 2 aliphatic rings. The highest BCUT2D eigenvalue weighted by Gasteiger charge is 2.33. The SMILES string of the molecule is O=C(c1ccccc1F)N1CC(Oc2ccc(-c3noc(C4CCOCC4)n3)cc2)C1. The lowest BCUT2D eigenvalue weighted by atomic mass is 10.0. The van der Waals surface area contributed by atoms with Crippen LogP contribution in [-0.4, -0.2) is 53.4 Å². The van der Waals surface area contributed by atoms with Crippen molar-refractivity contribution in [1.29, 1.82) is 0 Å². The predicted octanol–water partition coefficient (Wildman–Crippen LogP) is 3.67. The summed E-state index contributed by atoms with van der Waals surface area (Å²) in [5, 5.41) is 4.10. The van der Waals surface area contributed by atoms with E-state index in [9.17, 15) is 9.18 Å². The van der Waals surface area contributed by atoms with E-state index in [1.165, 1.54) is 12.1 Å². The number of amides is 1. The summed E-state index contributed by atoms with van der Waals surface area (Å²) in [7, 11) is 0. The van der Waals surface area contributed by atoms with Crippen LogP contribution in [0, 0.1) is 5.82 Å². The third kappa shape index (κ3) is 4.16. The molecule has 0 saturated carbocycles. The zero-order valence-corrected chi connectivity index (χ0v) is 16.9. The Kier molecular flexibility index (Phi) is 5.38. The molecule has 0 bridgehead atoms. The van der Waals surface area contributed by atoms with Crippen molar-refractivity contribution in [1.82, 2.24) is 15.0 Å². The summed E-state index contributed by atoms with van der Waals surface area (Å²) >= 11 is 0. The Hall–Kier alpha value is -3.26. The molecule has 2 fully saturated rings. The van der Waals surface area contributed by atoms with Crippen molar-refractivity contribution in [2.75, 3.05) is 26.3 Å². The number of hydrogen-bond acceptors (Lipinski definition) is 6. The first-order chi connectivity index (χ1) is 15.2. The van der Waals surface area contributed by atoms with Crippen LogP contribution < -0.4 is 4.74 Å². The molecule has 0 N–H and O–H groups in total. The van der Waals surface area contributed by atoms with Crippen molar-refractivity contribution in [3.05, 3.63) is 65.8 Å². The number of aromatic nitrogens is 2. The minimum Gasteiger partial charge on any atom is -0.487 e. The van der Waals surface area contributed by atoms with Crippen LogP contribution in [-0.2, 0) is 4.74 Å². The average Bonchev–Trinajstić information content (AvgIpc) is 3.27. The normalized spacial score (nSPS) is 17.4. The van der Waals surface area contributed by atoms with Gasteiger partial charge in [-0.1, -0.05) is 17.3 Å². The van der Waals surface area contributed by atoms with Crippen molar-refractivity contribution in [3.8, 4) is 17.1 Å². The lowest BCUT2D eigenvalue weighted by Gasteiger charge is -2.39. The molecule has 1 aromatic heterocycles. The van der Waals surface area contributed by atoms with Gasteiger partial charge in [-0.15, -0.1) is 0 Å². The fourth-order valence-corrected chi connectivity index (χ4v) is 3.82. The number of likely N-dealkylation sites (tertiary alicyclic amines) is 1. The predicted molar refractivity (Wildman–Crippen MR) is 109 cm³/mol. The first kappa shape index (κ1) is 19.7. The van der Waals surface area contributed by atoms with Gasteiger partial charge in [0, 0.05) is 24.7 Å². The van der Waals surface area contributed by atoms with Crippen LogP contribution in [0.25, 0.3) is 11.4 Å². The Bertz CT molecular complexity index is 1060. The molecule has 1 amide bonds. The van der Waals surface area contributed by atoms with Crippen molar-refractivity contribution in [2.24, 2.45) is 0 Å². The van der Waals surface area contributed by atoms with Crippen LogP contribution in [0.3, 0.4) is 0 Å². The van der Waals surface area contributed by atoms with E-state index in [-0.39, 0.29) is 23.5 Å². The van der Waals surface area contributed by atoms with E-state index in [1.807, 2.05) is 24.3 Å². The molecular formula is C23H22FN3O4. The van der Waals surface area contributed by atoms with E-state index in [1.54, 1.807) is 17.0 Å². The van der Waals surface area contributed by atoms with Crippen LogP contribution in [0.15, 0.2) is 53.1 Å². The highest BCUT2D eigenvalue weighted by molar-refractivity contribution is 5.95. The molecule has 5 rings (SSSR count). The van der Waals surface area contributed by atoms with E-state index in [4.69, 9.17) is 14.0 Å². The summed E-state index contributed by atoms with van der Waals surface area (Å²) in [4.78, 5) is 18.5. The lowest BCUT2D eigenvalue weighted by molar-refractivity contribution is 0.0174. The second kappa shape index (κ2) is 8.47. The minimum atomic E-state index is -0.506. The van der Waals surface area contributed by atoms with Crippen molar-refractivity contribution in [3.63, 3.8) is 0 Å². The van der Waals surface area contributed by atoms with Gasteiger partial charge in [0.2, 0.25) is 11.7 Å². The number of halogens is 1. The molecule has 0 unspecified atom stereocenters. The van der Waals surface area contributed by atoms with Crippen LogP contribution in [0.4, 0.5) is 4.39 Å². The molecule has 3 aromatic rings. The number of carbonyl (C=O) groups excluding carboxylic acids is 1. The maximum Gasteiger partial charge on any atom is 0.257 e. The van der Waals surface area contributed by atoms with Gasteiger partial charge >= 0.3 is 0 Å². The van der Waals surface area contributed by atoms with Gasteiger partial charge in [0.05, 0.1) is 18.7 Å². The van der Waals surface area contributed by atoms with Crippen LogP contribution in [0.2, 0.25) is 0 Å². The van der Waals surface area contributed by atoms with Gasteiger partial charge in [-0.2, -0.15) is 4.98 Å². The molecule has 2 aromatic carbocycles. The van der Waals surface area contributed by atoms with E-state index >= 15 is 0 Å². The van der Waals surface area contributed by atoms with Gasteiger partial charge < -0.3 is 18.9 Å². The second-order valence-electron chi connectivity index (χ2n) is 7.80. The zero-order valence-electron chi connectivity index (χ0n) is 16.9. The van der Waals surface area contributed by atoms with E-state index in [0.717, 1.165) is 31.6 Å². The molecule has 0 radical (unpaired) electrons. The Morgan fingerprint density at radius 2 is 1.81 bits per heavy atom. The third-order valence-electron chi connectivity index (χ3n) is 5.67. The summed E-state index contributed by atoms with van der Waals surface area (Å²) in [5.41, 5.74) is 0.935. The Morgan fingerprint density at radius 3 is 2.55 bits per heavy atom. The van der Waals surface area contributed by atoms with Crippen LogP contribution in [0.1, 0.15) is 35.0 Å². The monoisotopic (exact) mass is 423 g/mol. The van der Waals surface area contributed by atoms with Crippen molar-refractivity contribution >= 4 is 5.91 Å². The Labute approximate surface area is 178 Å². The molecule has 0 atom stereocenters. The smallest absolute Gasteiger partial charge is 0.257 e. The number of hydrogen-bond donors (Lipinski definition) is 0. The highest BCUT2D eigenvalue weighted by atomic mass is 19.1. The van der Waals surface area contributed by atoms with E-state index in [2.05, 4.69) is 10.1 Å². The molecule has 3 heterocycles. The molecule has 0 aliphatic carbocycles. The van der Waals surface area contributed by atoms with Gasteiger partial charge in [-0.05, 0) is 49.2 Å². The molecule has 2 aliphatic heterocycles. The van der Waals surface area contributed by atoms with Gasteiger partial charge in [0.15, 0.2) is 0 Å². The number of benzene rings is 2. The molecule has 160 valence electrons. The summed E-state index contributed by atoms with van der Waals surface area (Å²) < 4.78 is 30.5. The zero-order chi connectivity index (χ0) is 21.2. The molecule has 31 heavy (non-hydrogen) atoms. The third-order valence-corrected chi connectivity index (χ3v) is 5.67. The maximum atomic E-state index is 13.8. The van der Waals surface area contributed by atoms with E-state index < -0.39 is 5.82 Å². The van der Waals surface area contributed by atoms with Crippen molar-refractivity contribution in [2.45, 2.75) is 24.9 Å². The molecule has 7 nitrogen and oxygen atoms in total. The van der Waals surface area contributed by atoms with Gasteiger partial charge in [-0.25, -0.2) is 4.39 Å². The van der Waals surface area contributed by atoms with Crippen LogP contribution in [0.5, 0.6) is 5.75 Å². The largest absolute Gasteiger partial charge is 0.487 e. The number of rotatable bonds is 5. The van der Waals surface area contributed by atoms with Gasteiger partial charge in [0.1, 0.15) is 17.7 Å². The van der Waals surface area contributed by atoms with Crippen molar-refractivity contribution < 1.29 is 23.2 Å². The minimum absolute atomic E-state index is 0.0885. The highest BCUT2D eigenvalue weighted by Crippen LogP contribution is 2.28. The number of carbonyl (C=O) groups is 1. The maximum absolute atomic E-state index is 13.8. The fraction of sp³-hybridized carbons (Fsp3) is 0.348. The molecule has 8 heteroatoms. The quantitative estimate of drug-likeness (QED) is 0.623. The first-order valence-corrected chi connectivity index (χ1v) is 10.4. The summed E-state index contributed by atoms with van der Waals surface area (Å²) in [6, 6.07) is 13.5. The van der Waals surface area contributed by atoms with Gasteiger partial charge in [-0.3, -0.25) is 4.79 Å². The van der Waals surface area contributed by atoms with Crippen LogP contribution >= 0.6 is 0 Å². The Balaban J connectivity index is 1.16. The molecule has 0 spiro atoms. The topological polar surface area (TPSA) is 77.7 Å². The fourth-order valence-electron chi connectivity index (χ4n) is 3.82. The molecular weight excluding hydrogens is 401 g/mol. The average molecular weight is 423 g/mol. The standard InChI is InChI=1S/C23H22FN3O4/c24-20-4-2-1-3-19(20)23(28)27-13-18(14-27)30-17-7-5-15(6-8-17)21-25-22(31-26-21)16-9-11-29-12-10-16/h1-8,16,18H,9-14H2. The first-order valence-electron chi connectivity index (χ1n) is 10.4. The number of nitrogens with zero attached hydrogens (tertiary/aromatic N) is 3.